The van der Waals surface area contributed by atoms with Crippen molar-refractivity contribution in [1.29, 1.82) is 0 Å². The average molecular weight is 494 g/mol. The highest BCUT2D eigenvalue weighted by molar-refractivity contribution is 7.16. The number of benzene rings is 1. The van der Waals surface area contributed by atoms with Crippen LogP contribution in [0.4, 0.5) is 0 Å². The van der Waals surface area contributed by atoms with Crippen molar-refractivity contribution in [2.75, 3.05) is 33.4 Å². The quantitative estimate of drug-likeness (QED) is 0.574. The summed E-state index contributed by atoms with van der Waals surface area (Å²) in [5, 5.41) is 17.0. The number of aromatic nitrogens is 1. The van der Waals surface area contributed by atoms with Crippen molar-refractivity contribution in [3.8, 4) is 16.2 Å². The number of hydrazone groups is 1. The van der Waals surface area contributed by atoms with Crippen LogP contribution in [0.2, 0.25) is 0 Å². The van der Waals surface area contributed by atoms with Gasteiger partial charge in [-0.3, -0.25) is 9.80 Å². The molecule has 0 unspecified atom stereocenters. The van der Waals surface area contributed by atoms with Crippen molar-refractivity contribution < 1.29 is 19.4 Å². The summed E-state index contributed by atoms with van der Waals surface area (Å²) in [5.74, 6) is -0.582. The number of nitrogens with zero attached hydrogens (tertiary/aromatic N) is 3. The van der Waals surface area contributed by atoms with E-state index in [1.807, 2.05) is 10.6 Å². The third kappa shape index (κ3) is 3.92. The molecule has 1 aromatic carbocycles. The lowest BCUT2D eigenvalue weighted by atomic mass is 9.96. The van der Waals surface area contributed by atoms with Gasteiger partial charge in [0, 0.05) is 33.1 Å². The van der Waals surface area contributed by atoms with E-state index in [2.05, 4.69) is 11.1 Å². The zero-order chi connectivity index (χ0) is 24.1. The fourth-order valence-corrected chi connectivity index (χ4v) is 6.33. The number of aromatic carboxylic acids is 1. The van der Waals surface area contributed by atoms with Crippen LogP contribution in [0.1, 0.15) is 52.5 Å². The fraction of sp³-hybridized carbons (Fsp3) is 0.423. The highest BCUT2D eigenvalue weighted by Crippen LogP contribution is 2.45. The number of methoxy groups -OCH3 is 1. The summed E-state index contributed by atoms with van der Waals surface area (Å²) in [6.45, 7) is 3.04. The van der Waals surface area contributed by atoms with Crippen LogP contribution < -0.4 is 10.2 Å². The van der Waals surface area contributed by atoms with Gasteiger partial charge < -0.3 is 19.1 Å². The van der Waals surface area contributed by atoms with Gasteiger partial charge in [0.25, 0.3) is 0 Å². The van der Waals surface area contributed by atoms with E-state index in [9.17, 15) is 14.7 Å². The monoisotopic (exact) mass is 493 g/mol. The molecule has 2 fully saturated rings. The van der Waals surface area contributed by atoms with Crippen molar-refractivity contribution in [2.24, 2.45) is 5.10 Å². The van der Waals surface area contributed by atoms with Crippen molar-refractivity contribution >= 4 is 33.9 Å². The number of morpholine rings is 1. The smallest absolute Gasteiger partial charge is 0.341 e. The zero-order valence-electron chi connectivity index (χ0n) is 19.6. The van der Waals surface area contributed by atoms with Crippen molar-refractivity contribution in [3.05, 3.63) is 50.6 Å². The van der Waals surface area contributed by atoms with Gasteiger partial charge in [-0.15, -0.1) is 11.3 Å². The molecule has 0 atom stereocenters. The molecule has 1 aliphatic heterocycles. The van der Waals surface area contributed by atoms with E-state index in [1.165, 1.54) is 16.6 Å². The predicted octanol–water partition coefficient (Wildman–Crippen LogP) is 4.14. The number of aryl methyl sites for hydroxylation is 1. The van der Waals surface area contributed by atoms with E-state index in [0.29, 0.717) is 29.9 Å². The molecule has 1 saturated heterocycles. The third-order valence-corrected chi connectivity index (χ3v) is 8.20. The molecule has 0 spiro atoms. The summed E-state index contributed by atoms with van der Waals surface area (Å²) < 4.78 is 13.3. The molecule has 8 nitrogen and oxygen atoms in total. The molecule has 2 aliphatic carbocycles. The van der Waals surface area contributed by atoms with Gasteiger partial charge >= 0.3 is 5.97 Å². The van der Waals surface area contributed by atoms with Crippen LogP contribution in [0.25, 0.3) is 21.3 Å². The lowest BCUT2D eigenvalue weighted by molar-refractivity contribution is 0.0392. The summed E-state index contributed by atoms with van der Waals surface area (Å²) in [7, 11) is 1.62. The number of carboxylic acids is 1. The number of fused-ring (bicyclic) bond motifs is 2. The summed E-state index contributed by atoms with van der Waals surface area (Å²) in [6, 6.07) is 6.03. The zero-order valence-corrected chi connectivity index (χ0v) is 20.4. The van der Waals surface area contributed by atoms with Gasteiger partial charge in [0.05, 0.1) is 50.0 Å². The second kappa shape index (κ2) is 8.80. The van der Waals surface area contributed by atoms with Crippen LogP contribution in [-0.4, -0.2) is 59.8 Å². The molecule has 2 aromatic heterocycles. The Morgan fingerprint density at radius 3 is 2.71 bits per heavy atom. The largest absolute Gasteiger partial charge is 0.494 e. The van der Waals surface area contributed by atoms with E-state index >= 15 is 0 Å². The highest BCUT2D eigenvalue weighted by atomic mass is 32.1. The SMILES string of the molecule is COc1c(-c2cc3c(s2)CCC/C3=N\N2CCOCC2)ccc2c(=O)c(C(=O)O)cn(C3CC3)c12. The molecule has 0 radical (unpaired) electrons. The van der Waals surface area contributed by atoms with Gasteiger partial charge in [-0.25, -0.2) is 4.79 Å². The molecule has 3 aromatic rings. The lowest BCUT2D eigenvalue weighted by Crippen LogP contribution is -2.33. The molecule has 3 heterocycles. The Labute approximate surface area is 206 Å². The molecule has 35 heavy (non-hydrogen) atoms. The molecule has 0 bridgehead atoms. The molecule has 0 amide bonds. The number of thiophene rings is 1. The van der Waals surface area contributed by atoms with E-state index in [1.54, 1.807) is 24.5 Å². The fourth-order valence-electron chi connectivity index (χ4n) is 5.08. The number of hydrogen-bond acceptors (Lipinski definition) is 7. The Morgan fingerprint density at radius 1 is 1.20 bits per heavy atom. The minimum Gasteiger partial charge on any atom is -0.494 e. The van der Waals surface area contributed by atoms with E-state index in [0.717, 1.165) is 61.3 Å². The van der Waals surface area contributed by atoms with E-state index < -0.39 is 11.4 Å². The summed E-state index contributed by atoms with van der Waals surface area (Å²) in [4.78, 5) is 27.1. The van der Waals surface area contributed by atoms with Crippen molar-refractivity contribution in [3.63, 3.8) is 0 Å². The van der Waals surface area contributed by atoms with E-state index in [4.69, 9.17) is 14.6 Å². The second-order valence-electron chi connectivity index (χ2n) is 9.27. The molecule has 9 heteroatoms. The van der Waals surface area contributed by atoms with Crippen molar-refractivity contribution in [2.45, 2.75) is 38.1 Å². The number of carbonyl (C=O) groups is 1. The second-order valence-corrected chi connectivity index (χ2v) is 10.4. The molecule has 6 rings (SSSR count). The summed E-state index contributed by atoms with van der Waals surface area (Å²) in [6.07, 6.45) is 6.45. The molecule has 1 saturated carbocycles. The number of rotatable bonds is 5. The number of ether oxygens (including phenoxy) is 2. The first-order valence-electron chi connectivity index (χ1n) is 12.1. The Bertz CT molecular complexity index is 1410. The molecular formula is C26H27N3O5S. The van der Waals surface area contributed by atoms with Gasteiger partial charge in [0.1, 0.15) is 5.56 Å². The summed E-state index contributed by atoms with van der Waals surface area (Å²) >= 11 is 1.75. The van der Waals surface area contributed by atoms with E-state index in [-0.39, 0.29) is 11.6 Å². The Hall–Kier alpha value is -3.17. The average Bonchev–Trinajstić information content (AvgIpc) is 3.62. The first kappa shape index (κ1) is 22.3. The topological polar surface area (TPSA) is 93.4 Å². The first-order valence-corrected chi connectivity index (χ1v) is 12.9. The minimum absolute atomic E-state index is 0.184. The van der Waals surface area contributed by atoms with Gasteiger partial charge in [0.15, 0.2) is 5.75 Å². The third-order valence-electron chi connectivity index (χ3n) is 6.97. The van der Waals surface area contributed by atoms with Crippen LogP contribution in [-0.2, 0) is 11.2 Å². The normalized spacial score (nSPS) is 19.2. The Balaban J connectivity index is 1.49. The van der Waals surface area contributed by atoms with Gasteiger partial charge in [-0.05, 0) is 50.3 Å². The van der Waals surface area contributed by atoms with Gasteiger partial charge in [0.2, 0.25) is 5.43 Å². The Kier molecular flexibility index (Phi) is 5.61. The molecule has 1 N–H and O–H groups in total. The van der Waals surface area contributed by atoms with Gasteiger partial charge in [-0.2, -0.15) is 5.10 Å². The minimum atomic E-state index is -1.20. The van der Waals surface area contributed by atoms with Crippen LogP contribution in [0.5, 0.6) is 5.75 Å². The maximum Gasteiger partial charge on any atom is 0.341 e. The highest BCUT2D eigenvalue weighted by Gasteiger charge is 2.30. The van der Waals surface area contributed by atoms with Gasteiger partial charge in [-0.1, -0.05) is 0 Å². The number of carboxylic acid groups (broad SMARTS) is 1. The number of hydrogen-bond donors (Lipinski definition) is 1. The van der Waals surface area contributed by atoms with Crippen LogP contribution in [0.3, 0.4) is 0 Å². The maximum absolute atomic E-state index is 13.0. The first-order chi connectivity index (χ1) is 17.0. The maximum atomic E-state index is 13.0. The molecule has 3 aliphatic rings. The summed E-state index contributed by atoms with van der Waals surface area (Å²) in [5.41, 5.74) is 3.24. The van der Waals surface area contributed by atoms with Crippen LogP contribution in [0, 0.1) is 0 Å². The Morgan fingerprint density at radius 2 is 2.00 bits per heavy atom. The predicted molar refractivity (Wildman–Crippen MR) is 135 cm³/mol. The molecule has 182 valence electrons. The number of pyridine rings is 1. The standard InChI is InChI=1S/C26H27N3O5S/c1-33-25-16(7-8-17-23(25)29(15-5-6-15)14-19(24(17)30)26(31)32)22-13-18-20(3-2-4-21(18)35-22)27-28-9-11-34-12-10-28/h7-8,13-15H,2-6,9-12H2,1H3,(H,31,32)/b27-20+. The van der Waals surface area contributed by atoms with Crippen molar-refractivity contribution in [1.82, 2.24) is 9.58 Å². The molecular weight excluding hydrogens is 466 g/mol. The lowest BCUT2D eigenvalue weighted by Gasteiger charge is -2.26. The van der Waals surface area contributed by atoms with Crippen LogP contribution >= 0.6 is 11.3 Å². The van der Waals surface area contributed by atoms with Crippen LogP contribution in [0.15, 0.2) is 34.3 Å².